The summed E-state index contributed by atoms with van der Waals surface area (Å²) in [5, 5.41) is 4.09. The number of benzene rings is 2. The van der Waals surface area contributed by atoms with E-state index in [0.717, 1.165) is 21.9 Å². The summed E-state index contributed by atoms with van der Waals surface area (Å²) in [7, 11) is 0. The van der Waals surface area contributed by atoms with Crippen LogP contribution in [0.25, 0.3) is 22.9 Å². The molecule has 0 saturated carbocycles. The molecule has 0 bridgehead atoms. The van der Waals surface area contributed by atoms with Gasteiger partial charge >= 0.3 is 0 Å². The second-order valence-electron chi connectivity index (χ2n) is 3.59. The summed E-state index contributed by atoms with van der Waals surface area (Å²) in [5.41, 5.74) is 1.86. The molecule has 0 aliphatic heterocycles. The van der Waals surface area contributed by atoms with Crippen LogP contribution >= 0.6 is 46.4 Å². The first-order valence-electron chi connectivity index (χ1n) is 4.57. The van der Waals surface area contributed by atoms with Gasteiger partial charge in [-0.2, -0.15) is 0 Å². The SMILES string of the molecule is Clc1cc(Cl)c2c(Cl)cc(Cl)c3c2c1C=C3. The minimum Gasteiger partial charge on any atom is -0.0836 e. The van der Waals surface area contributed by atoms with Crippen LogP contribution in [0.3, 0.4) is 0 Å². The lowest BCUT2D eigenvalue weighted by Crippen LogP contribution is -1.84. The summed E-state index contributed by atoms with van der Waals surface area (Å²) in [4.78, 5) is 0. The standard InChI is InChI=1S/C12H4Cl4/c13-7-3-9(15)12-10(16)4-8(14)6-2-1-5(7)11(6)12/h1-4H. The van der Waals surface area contributed by atoms with Crippen molar-refractivity contribution in [2.75, 3.05) is 0 Å². The molecule has 16 heavy (non-hydrogen) atoms. The first-order valence-corrected chi connectivity index (χ1v) is 6.08. The van der Waals surface area contributed by atoms with Crippen LogP contribution in [-0.4, -0.2) is 0 Å². The molecular formula is C12H4Cl4. The van der Waals surface area contributed by atoms with E-state index < -0.39 is 0 Å². The molecule has 3 rings (SSSR count). The zero-order chi connectivity index (χ0) is 11.4. The van der Waals surface area contributed by atoms with E-state index in [4.69, 9.17) is 46.4 Å². The summed E-state index contributed by atoms with van der Waals surface area (Å²) in [6.07, 6.45) is 3.86. The third kappa shape index (κ3) is 1.31. The highest BCUT2D eigenvalue weighted by Gasteiger charge is 2.19. The molecule has 0 aromatic heterocycles. The molecule has 0 saturated heterocycles. The Kier molecular flexibility index (Phi) is 2.38. The van der Waals surface area contributed by atoms with E-state index >= 15 is 0 Å². The average molecular weight is 290 g/mol. The van der Waals surface area contributed by atoms with Gasteiger partial charge in [0.25, 0.3) is 0 Å². The maximum absolute atomic E-state index is 6.15. The van der Waals surface area contributed by atoms with Gasteiger partial charge in [-0.15, -0.1) is 0 Å². The van der Waals surface area contributed by atoms with E-state index in [1.807, 2.05) is 12.2 Å². The van der Waals surface area contributed by atoms with Crippen molar-refractivity contribution in [3.8, 4) is 0 Å². The van der Waals surface area contributed by atoms with Crippen molar-refractivity contribution in [3.05, 3.63) is 43.4 Å². The van der Waals surface area contributed by atoms with E-state index in [0.29, 0.717) is 20.1 Å². The van der Waals surface area contributed by atoms with E-state index in [9.17, 15) is 0 Å². The lowest BCUT2D eigenvalue weighted by atomic mass is 10.0. The molecule has 4 heteroatoms. The molecule has 2 aromatic carbocycles. The van der Waals surface area contributed by atoms with Crippen molar-refractivity contribution < 1.29 is 0 Å². The van der Waals surface area contributed by atoms with Crippen LogP contribution in [0.5, 0.6) is 0 Å². The quantitative estimate of drug-likeness (QED) is 0.481. The first kappa shape index (κ1) is 10.7. The van der Waals surface area contributed by atoms with Crippen LogP contribution in [0.1, 0.15) is 11.1 Å². The second-order valence-corrected chi connectivity index (χ2v) is 5.22. The molecule has 2 aromatic rings. The van der Waals surface area contributed by atoms with Gasteiger partial charge in [0.15, 0.2) is 0 Å². The van der Waals surface area contributed by atoms with Gasteiger partial charge in [0.1, 0.15) is 0 Å². The Balaban J connectivity index is 2.66. The van der Waals surface area contributed by atoms with E-state index in [1.165, 1.54) is 0 Å². The van der Waals surface area contributed by atoms with Gasteiger partial charge in [0.05, 0.1) is 10.0 Å². The fourth-order valence-electron chi connectivity index (χ4n) is 2.02. The predicted octanol–water partition coefficient (Wildman–Crippen LogP) is 5.94. The normalized spacial score (nSPS) is 12.8. The van der Waals surface area contributed by atoms with E-state index in [-0.39, 0.29) is 0 Å². The Bertz CT molecular complexity index is 603. The Labute approximate surface area is 112 Å². The highest BCUT2D eigenvalue weighted by atomic mass is 35.5. The highest BCUT2D eigenvalue weighted by molar-refractivity contribution is 6.47. The van der Waals surface area contributed by atoms with Crippen molar-refractivity contribution in [2.45, 2.75) is 0 Å². The maximum Gasteiger partial charge on any atom is 0.0514 e. The van der Waals surface area contributed by atoms with Gasteiger partial charge in [-0.05, 0) is 12.1 Å². The van der Waals surface area contributed by atoms with Crippen molar-refractivity contribution in [3.63, 3.8) is 0 Å². The summed E-state index contributed by atoms with van der Waals surface area (Å²) >= 11 is 24.6. The Morgan fingerprint density at radius 1 is 0.562 bits per heavy atom. The molecule has 0 heterocycles. The second kappa shape index (κ2) is 3.54. The van der Waals surface area contributed by atoms with Crippen molar-refractivity contribution in [2.24, 2.45) is 0 Å². The lowest BCUT2D eigenvalue weighted by molar-refractivity contribution is 1.71. The summed E-state index contributed by atoms with van der Waals surface area (Å²) < 4.78 is 0. The number of hydrogen-bond acceptors (Lipinski definition) is 0. The lowest BCUT2D eigenvalue weighted by Gasteiger charge is -2.09. The summed E-state index contributed by atoms with van der Waals surface area (Å²) in [6, 6.07) is 3.42. The number of halogens is 4. The summed E-state index contributed by atoms with van der Waals surface area (Å²) in [5.74, 6) is 0. The molecular weight excluding hydrogens is 286 g/mol. The summed E-state index contributed by atoms with van der Waals surface area (Å²) in [6.45, 7) is 0. The van der Waals surface area contributed by atoms with Crippen LogP contribution in [-0.2, 0) is 0 Å². The van der Waals surface area contributed by atoms with Crippen molar-refractivity contribution in [1.82, 2.24) is 0 Å². The van der Waals surface area contributed by atoms with Gasteiger partial charge in [-0.25, -0.2) is 0 Å². The molecule has 80 valence electrons. The molecule has 0 N–H and O–H groups in total. The Morgan fingerprint density at radius 3 is 1.44 bits per heavy atom. The highest BCUT2D eigenvalue weighted by Crippen LogP contribution is 2.45. The predicted molar refractivity (Wildman–Crippen MR) is 72.9 cm³/mol. The van der Waals surface area contributed by atoms with Crippen molar-refractivity contribution >= 4 is 69.3 Å². The van der Waals surface area contributed by atoms with Crippen LogP contribution in [0.4, 0.5) is 0 Å². The van der Waals surface area contributed by atoms with Crippen molar-refractivity contribution in [1.29, 1.82) is 0 Å². The molecule has 0 fully saturated rings. The molecule has 0 radical (unpaired) electrons. The fraction of sp³-hybridized carbons (Fsp3) is 0. The molecule has 1 aliphatic carbocycles. The van der Waals surface area contributed by atoms with Gasteiger partial charge in [-0.1, -0.05) is 58.6 Å². The Hall–Kier alpha value is -0.400. The molecule has 0 amide bonds. The van der Waals surface area contributed by atoms with Crippen LogP contribution in [0.2, 0.25) is 20.1 Å². The minimum absolute atomic E-state index is 0.551. The van der Waals surface area contributed by atoms with Gasteiger partial charge in [-0.3, -0.25) is 0 Å². The smallest absolute Gasteiger partial charge is 0.0514 e. The van der Waals surface area contributed by atoms with Gasteiger partial charge < -0.3 is 0 Å². The third-order valence-electron chi connectivity index (χ3n) is 2.70. The zero-order valence-corrected chi connectivity index (χ0v) is 10.8. The topological polar surface area (TPSA) is 0 Å². The van der Waals surface area contributed by atoms with E-state index in [1.54, 1.807) is 12.1 Å². The van der Waals surface area contributed by atoms with Gasteiger partial charge in [0.2, 0.25) is 0 Å². The molecule has 0 unspecified atom stereocenters. The first-order chi connectivity index (χ1) is 7.59. The van der Waals surface area contributed by atoms with Crippen LogP contribution in [0, 0.1) is 0 Å². The van der Waals surface area contributed by atoms with Crippen LogP contribution in [0.15, 0.2) is 12.1 Å². The fourth-order valence-corrected chi connectivity index (χ4v) is 3.33. The maximum atomic E-state index is 6.15. The zero-order valence-electron chi connectivity index (χ0n) is 7.82. The monoisotopic (exact) mass is 288 g/mol. The number of rotatable bonds is 0. The third-order valence-corrected chi connectivity index (χ3v) is 3.93. The van der Waals surface area contributed by atoms with Crippen LogP contribution < -0.4 is 0 Å². The number of hydrogen-bond donors (Lipinski definition) is 0. The molecule has 1 aliphatic rings. The Morgan fingerprint density at radius 2 is 1.00 bits per heavy atom. The minimum atomic E-state index is 0.551. The van der Waals surface area contributed by atoms with Gasteiger partial charge in [0, 0.05) is 31.9 Å². The largest absolute Gasteiger partial charge is 0.0836 e. The molecule has 0 nitrogen and oxygen atoms in total. The molecule has 0 spiro atoms. The molecule has 0 atom stereocenters. The van der Waals surface area contributed by atoms with E-state index in [2.05, 4.69) is 0 Å². The average Bonchev–Trinajstić information content (AvgIpc) is 2.61.